The molecule has 23 heavy (non-hydrogen) atoms. The molecular formula is C18H15N5. The molecule has 2 heterocycles. The van der Waals surface area contributed by atoms with E-state index in [0.717, 1.165) is 22.0 Å². The predicted molar refractivity (Wildman–Crippen MR) is 92.0 cm³/mol. The van der Waals surface area contributed by atoms with Gasteiger partial charge in [0.15, 0.2) is 5.84 Å². The number of amidine groups is 1. The van der Waals surface area contributed by atoms with E-state index in [1.807, 2.05) is 42.6 Å². The van der Waals surface area contributed by atoms with Crippen molar-refractivity contribution in [1.29, 1.82) is 0 Å². The Morgan fingerprint density at radius 1 is 1.04 bits per heavy atom. The molecule has 0 bridgehead atoms. The topological polar surface area (TPSA) is 65.2 Å². The SMILES string of the molecule is C(=N/N=C1\C[C@H](c2ccccc2)N=N1)/c1c[nH]c2ccccc12. The average Bonchev–Trinajstić information content (AvgIpc) is 3.23. The van der Waals surface area contributed by atoms with E-state index in [9.17, 15) is 0 Å². The Bertz CT molecular complexity index is 905. The maximum atomic E-state index is 4.27. The maximum absolute atomic E-state index is 4.27. The van der Waals surface area contributed by atoms with Crippen molar-refractivity contribution < 1.29 is 0 Å². The molecule has 3 aromatic rings. The number of rotatable bonds is 3. The third-order valence-corrected chi connectivity index (χ3v) is 3.86. The molecule has 1 N–H and O–H groups in total. The molecule has 1 aliphatic heterocycles. The van der Waals surface area contributed by atoms with Gasteiger partial charge in [0.1, 0.15) is 6.04 Å². The molecule has 1 atom stereocenters. The number of hydrogen-bond donors (Lipinski definition) is 1. The summed E-state index contributed by atoms with van der Waals surface area (Å²) in [4.78, 5) is 3.21. The Morgan fingerprint density at radius 3 is 2.78 bits per heavy atom. The number of para-hydroxylation sites is 1. The normalized spacial score (nSPS) is 19.3. The summed E-state index contributed by atoms with van der Waals surface area (Å²) < 4.78 is 0. The van der Waals surface area contributed by atoms with Gasteiger partial charge in [-0.1, -0.05) is 48.5 Å². The molecule has 0 aliphatic carbocycles. The molecule has 0 amide bonds. The van der Waals surface area contributed by atoms with E-state index in [1.54, 1.807) is 6.21 Å². The van der Waals surface area contributed by atoms with Crippen LogP contribution in [0.2, 0.25) is 0 Å². The minimum atomic E-state index is 0.0539. The van der Waals surface area contributed by atoms with Crippen LogP contribution in [-0.4, -0.2) is 17.0 Å². The van der Waals surface area contributed by atoms with E-state index >= 15 is 0 Å². The lowest BCUT2D eigenvalue weighted by Gasteiger charge is -2.02. The number of benzene rings is 2. The quantitative estimate of drug-likeness (QED) is 0.547. The first-order chi connectivity index (χ1) is 11.4. The minimum Gasteiger partial charge on any atom is -0.361 e. The molecule has 112 valence electrons. The Labute approximate surface area is 133 Å². The Kier molecular flexibility index (Phi) is 3.52. The summed E-state index contributed by atoms with van der Waals surface area (Å²) in [5.74, 6) is 0.662. The molecule has 0 unspecified atom stereocenters. The lowest BCUT2D eigenvalue weighted by Crippen LogP contribution is -1.95. The molecule has 0 fully saturated rings. The van der Waals surface area contributed by atoms with E-state index < -0.39 is 0 Å². The van der Waals surface area contributed by atoms with Crippen molar-refractivity contribution in [3.05, 3.63) is 71.9 Å². The van der Waals surface area contributed by atoms with Gasteiger partial charge in [-0.3, -0.25) is 0 Å². The van der Waals surface area contributed by atoms with E-state index in [-0.39, 0.29) is 6.04 Å². The highest BCUT2D eigenvalue weighted by atomic mass is 15.3. The van der Waals surface area contributed by atoms with Crippen LogP contribution in [0.25, 0.3) is 10.9 Å². The van der Waals surface area contributed by atoms with Crippen molar-refractivity contribution >= 4 is 23.0 Å². The number of H-pyrrole nitrogens is 1. The summed E-state index contributed by atoms with van der Waals surface area (Å²) in [5.41, 5.74) is 3.26. The summed E-state index contributed by atoms with van der Waals surface area (Å²) in [6.45, 7) is 0. The van der Waals surface area contributed by atoms with Gasteiger partial charge >= 0.3 is 0 Å². The van der Waals surface area contributed by atoms with Gasteiger partial charge in [-0.25, -0.2) is 0 Å². The second-order valence-corrected chi connectivity index (χ2v) is 5.40. The highest BCUT2D eigenvalue weighted by molar-refractivity contribution is 5.99. The molecule has 1 aliphatic rings. The average molecular weight is 301 g/mol. The summed E-state index contributed by atoms with van der Waals surface area (Å²) >= 11 is 0. The first-order valence-corrected chi connectivity index (χ1v) is 7.52. The van der Waals surface area contributed by atoms with Crippen LogP contribution in [-0.2, 0) is 0 Å². The van der Waals surface area contributed by atoms with Crippen molar-refractivity contribution in [2.24, 2.45) is 20.4 Å². The second kappa shape index (κ2) is 5.96. The van der Waals surface area contributed by atoms with Crippen LogP contribution in [0.4, 0.5) is 0 Å². The van der Waals surface area contributed by atoms with Crippen LogP contribution in [0, 0.1) is 0 Å². The van der Waals surface area contributed by atoms with Crippen LogP contribution >= 0.6 is 0 Å². The third kappa shape index (κ3) is 2.81. The van der Waals surface area contributed by atoms with Crippen LogP contribution < -0.4 is 0 Å². The first-order valence-electron chi connectivity index (χ1n) is 7.52. The predicted octanol–water partition coefficient (Wildman–Crippen LogP) is 4.50. The Hall–Kier alpha value is -3.08. The third-order valence-electron chi connectivity index (χ3n) is 3.86. The molecule has 1 aromatic heterocycles. The number of aromatic amines is 1. The van der Waals surface area contributed by atoms with E-state index in [0.29, 0.717) is 12.3 Å². The van der Waals surface area contributed by atoms with Crippen LogP contribution in [0.1, 0.15) is 23.6 Å². The van der Waals surface area contributed by atoms with Gasteiger partial charge in [0.2, 0.25) is 0 Å². The summed E-state index contributed by atoms with van der Waals surface area (Å²) in [6.07, 6.45) is 4.36. The molecule has 2 aromatic carbocycles. The van der Waals surface area contributed by atoms with Gasteiger partial charge < -0.3 is 4.98 Å². The molecule has 4 rings (SSSR count). The van der Waals surface area contributed by atoms with Gasteiger partial charge in [-0.2, -0.15) is 10.2 Å². The number of aromatic nitrogens is 1. The lowest BCUT2D eigenvalue weighted by molar-refractivity contribution is 0.773. The van der Waals surface area contributed by atoms with Gasteiger partial charge in [0, 0.05) is 29.1 Å². The van der Waals surface area contributed by atoms with Gasteiger partial charge in [-0.15, -0.1) is 10.2 Å². The fourth-order valence-corrected chi connectivity index (χ4v) is 2.67. The largest absolute Gasteiger partial charge is 0.361 e. The van der Waals surface area contributed by atoms with E-state index in [2.05, 4.69) is 43.6 Å². The lowest BCUT2D eigenvalue weighted by atomic mass is 10.1. The molecule has 0 saturated heterocycles. The standard InChI is InChI=1S/C18H15N5/c1-2-6-13(7-3-1)17-10-18(23-21-17)22-20-12-14-11-19-16-9-5-4-8-15(14)16/h1-9,11-12,17,19H,10H2/b20-12-,22-18+/t17-/m1/s1. The molecule has 0 spiro atoms. The number of azo groups is 1. The summed E-state index contributed by atoms with van der Waals surface area (Å²) in [6, 6.07) is 18.3. The highest BCUT2D eigenvalue weighted by Crippen LogP contribution is 2.27. The Morgan fingerprint density at radius 2 is 1.87 bits per heavy atom. The van der Waals surface area contributed by atoms with Gasteiger partial charge in [-0.05, 0) is 11.6 Å². The van der Waals surface area contributed by atoms with Crippen molar-refractivity contribution in [3.8, 4) is 0 Å². The van der Waals surface area contributed by atoms with Crippen LogP contribution in [0.15, 0.2) is 81.2 Å². The van der Waals surface area contributed by atoms with Crippen LogP contribution in [0.5, 0.6) is 0 Å². The summed E-state index contributed by atoms with van der Waals surface area (Å²) in [7, 11) is 0. The maximum Gasteiger partial charge on any atom is 0.175 e. The van der Waals surface area contributed by atoms with Crippen molar-refractivity contribution in [1.82, 2.24) is 4.98 Å². The highest BCUT2D eigenvalue weighted by Gasteiger charge is 2.19. The van der Waals surface area contributed by atoms with Crippen LogP contribution in [0.3, 0.4) is 0 Å². The van der Waals surface area contributed by atoms with Crippen molar-refractivity contribution in [2.45, 2.75) is 12.5 Å². The van der Waals surface area contributed by atoms with Crippen molar-refractivity contribution in [2.75, 3.05) is 0 Å². The molecule has 0 saturated carbocycles. The van der Waals surface area contributed by atoms with Gasteiger partial charge in [0.25, 0.3) is 0 Å². The van der Waals surface area contributed by atoms with E-state index in [1.165, 1.54) is 0 Å². The molecular weight excluding hydrogens is 286 g/mol. The zero-order valence-corrected chi connectivity index (χ0v) is 12.4. The van der Waals surface area contributed by atoms with Gasteiger partial charge in [0.05, 0.1) is 6.21 Å². The van der Waals surface area contributed by atoms with Crippen molar-refractivity contribution in [3.63, 3.8) is 0 Å². The molecule has 5 nitrogen and oxygen atoms in total. The first kappa shape index (κ1) is 13.6. The molecule has 0 radical (unpaired) electrons. The number of nitrogens with zero attached hydrogens (tertiary/aromatic N) is 4. The number of hydrogen-bond acceptors (Lipinski definition) is 3. The van der Waals surface area contributed by atoms with E-state index in [4.69, 9.17) is 0 Å². The summed E-state index contributed by atoms with van der Waals surface area (Å²) in [5, 5.41) is 17.9. The fourth-order valence-electron chi connectivity index (χ4n) is 2.67. The smallest absolute Gasteiger partial charge is 0.175 e. The Balaban J connectivity index is 1.49. The molecule has 5 heteroatoms. The second-order valence-electron chi connectivity index (χ2n) is 5.40. The zero-order valence-electron chi connectivity index (χ0n) is 12.4. The fraction of sp³-hybridized carbons (Fsp3) is 0.111. The monoisotopic (exact) mass is 301 g/mol. The zero-order chi connectivity index (χ0) is 15.5. The number of nitrogens with one attached hydrogen (secondary N) is 1. The minimum absolute atomic E-state index is 0.0539. The number of fused-ring (bicyclic) bond motifs is 1.